The van der Waals surface area contributed by atoms with E-state index in [0.29, 0.717) is 12.8 Å². The van der Waals surface area contributed by atoms with Crippen molar-refractivity contribution in [3.05, 3.63) is 66.2 Å². The van der Waals surface area contributed by atoms with Gasteiger partial charge in [-0.1, -0.05) is 42.5 Å². The smallest absolute Gasteiger partial charge is 0.144 e. The number of fused-ring (bicyclic) bond motifs is 1. The lowest BCUT2D eigenvalue weighted by molar-refractivity contribution is -0.117. The van der Waals surface area contributed by atoms with Gasteiger partial charge < -0.3 is 4.57 Å². The van der Waals surface area contributed by atoms with Gasteiger partial charge >= 0.3 is 0 Å². The zero-order valence-corrected chi connectivity index (χ0v) is 12.1. The molecule has 0 fully saturated rings. The lowest BCUT2D eigenvalue weighted by atomic mass is 10.0. The first kappa shape index (κ1) is 13.6. The Hall–Kier alpha value is -2.42. The van der Waals surface area contributed by atoms with E-state index in [2.05, 4.69) is 36.2 Å². The predicted octanol–water partition coefficient (Wildman–Crippen LogP) is 3.41. The quantitative estimate of drug-likeness (QED) is 0.717. The van der Waals surface area contributed by atoms with E-state index in [1.165, 1.54) is 10.8 Å². The van der Waals surface area contributed by atoms with Crippen LogP contribution in [-0.4, -0.2) is 15.3 Å². The summed E-state index contributed by atoms with van der Waals surface area (Å²) in [6.45, 7) is 2.90. The molecule has 0 aliphatic rings. The number of hydrogen-bond acceptors (Lipinski definition) is 2. The lowest BCUT2D eigenvalue weighted by Gasteiger charge is -2.05. The van der Waals surface area contributed by atoms with Crippen molar-refractivity contribution in [2.45, 2.75) is 26.3 Å². The Bertz CT molecular complexity index is 773. The normalized spacial score (nSPS) is 10.9. The maximum absolute atomic E-state index is 12.2. The molecule has 3 rings (SSSR count). The average molecular weight is 278 g/mol. The Morgan fingerprint density at radius 3 is 2.71 bits per heavy atom. The second-order valence-corrected chi connectivity index (χ2v) is 5.20. The van der Waals surface area contributed by atoms with Crippen LogP contribution in [0, 0.1) is 0 Å². The second-order valence-electron chi connectivity index (χ2n) is 5.20. The van der Waals surface area contributed by atoms with Crippen LogP contribution in [-0.2, 0) is 24.2 Å². The van der Waals surface area contributed by atoms with Crippen molar-refractivity contribution in [3.8, 4) is 0 Å². The lowest BCUT2D eigenvalue weighted by Crippen LogP contribution is -2.11. The highest BCUT2D eigenvalue weighted by atomic mass is 16.1. The Morgan fingerprint density at radius 1 is 1.10 bits per heavy atom. The summed E-state index contributed by atoms with van der Waals surface area (Å²) in [4.78, 5) is 16.5. The largest absolute Gasteiger partial charge is 0.335 e. The van der Waals surface area contributed by atoms with Gasteiger partial charge in [0.1, 0.15) is 11.6 Å². The van der Waals surface area contributed by atoms with Gasteiger partial charge in [-0.25, -0.2) is 4.98 Å². The second kappa shape index (κ2) is 5.92. The van der Waals surface area contributed by atoms with Gasteiger partial charge in [0.25, 0.3) is 0 Å². The van der Waals surface area contributed by atoms with Crippen molar-refractivity contribution in [2.75, 3.05) is 0 Å². The molecule has 0 amide bonds. The third-order valence-corrected chi connectivity index (χ3v) is 3.71. The molecule has 0 saturated carbocycles. The molecule has 0 atom stereocenters. The van der Waals surface area contributed by atoms with E-state index >= 15 is 0 Å². The number of carbonyl (C=O) groups is 1. The summed E-state index contributed by atoms with van der Waals surface area (Å²) in [5.41, 5.74) is 1.06. The fraction of sp³-hybridized carbons (Fsp3) is 0.222. The van der Waals surface area contributed by atoms with Crippen LogP contribution in [0.1, 0.15) is 18.3 Å². The maximum Gasteiger partial charge on any atom is 0.144 e. The number of imidazole rings is 1. The van der Waals surface area contributed by atoms with Crippen LogP contribution < -0.4 is 0 Å². The van der Waals surface area contributed by atoms with Gasteiger partial charge in [-0.05, 0) is 23.3 Å². The highest BCUT2D eigenvalue weighted by Crippen LogP contribution is 2.16. The molecule has 0 N–H and O–H groups in total. The molecule has 0 unspecified atom stereocenters. The molecule has 0 bridgehead atoms. The van der Waals surface area contributed by atoms with Gasteiger partial charge in [0.2, 0.25) is 0 Å². The summed E-state index contributed by atoms with van der Waals surface area (Å²) in [5, 5.41) is 2.38. The predicted molar refractivity (Wildman–Crippen MR) is 84.3 cm³/mol. The zero-order chi connectivity index (χ0) is 14.7. The van der Waals surface area contributed by atoms with E-state index in [-0.39, 0.29) is 5.78 Å². The molecule has 0 aliphatic heterocycles. The molecule has 1 heterocycles. The van der Waals surface area contributed by atoms with Crippen molar-refractivity contribution >= 4 is 16.6 Å². The number of nitrogens with zero attached hydrogens (tertiary/aromatic N) is 2. The highest BCUT2D eigenvalue weighted by molar-refractivity contribution is 5.86. The summed E-state index contributed by atoms with van der Waals surface area (Å²) in [5.74, 6) is 1.05. The standard InChI is InChI=1S/C18H18N2O/c1-2-20-10-9-19-18(20)13-17(21)12-14-7-8-15-5-3-4-6-16(15)11-14/h3-11H,2,12-13H2,1H3. The monoisotopic (exact) mass is 278 g/mol. The topological polar surface area (TPSA) is 34.9 Å². The van der Waals surface area contributed by atoms with E-state index in [1.807, 2.05) is 29.0 Å². The van der Waals surface area contributed by atoms with E-state index in [4.69, 9.17) is 0 Å². The van der Waals surface area contributed by atoms with E-state index < -0.39 is 0 Å². The van der Waals surface area contributed by atoms with Crippen LogP contribution in [0.15, 0.2) is 54.9 Å². The zero-order valence-electron chi connectivity index (χ0n) is 12.1. The molecule has 2 aromatic carbocycles. The Labute approximate surface area is 124 Å². The summed E-state index contributed by atoms with van der Waals surface area (Å²) < 4.78 is 2.01. The molecule has 106 valence electrons. The number of carbonyl (C=O) groups excluding carboxylic acids is 1. The van der Waals surface area contributed by atoms with E-state index in [1.54, 1.807) is 6.20 Å². The molecule has 3 heteroatoms. The van der Waals surface area contributed by atoms with Gasteiger partial charge in [0, 0.05) is 25.4 Å². The maximum atomic E-state index is 12.2. The van der Waals surface area contributed by atoms with Crippen molar-refractivity contribution in [1.82, 2.24) is 9.55 Å². The van der Waals surface area contributed by atoms with Crippen LogP contribution in [0.2, 0.25) is 0 Å². The molecule has 0 aliphatic carbocycles. The van der Waals surface area contributed by atoms with Crippen molar-refractivity contribution in [2.24, 2.45) is 0 Å². The molecular weight excluding hydrogens is 260 g/mol. The van der Waals surface area contributed by atoms with Crippen LogP contribution in [0.5, 0.6) is 0 Å². The SMILES string of the molecule is CCn1ccnc1CC(=O)Cc1ccc2ccccc2c1. The molecule has 1 aromatic heterocycles. The average Bonchev–Trinajstić information content (AvgIpc) is 2.94. The Morgan fingerprint density at radius 2 is 1.90 bits per heavy atom. The summed E-state index contributed by atoms with van der Waals surface area (Å²) in [6, 6.07) is 14.4. The first-order valence-electron chi connectivity index (χ1n) is 7.25. The van der Waals surface area contributed by atoms with E-state index in [9.17, 15) is 4.79 Å². The fourth-order valence-corrected chi connectivity index (χ4v) is 2.61. The number of aromatic nitrogens is 2. The summed E-state index contributed by atoms with van der Waals surface area (Å²) >= 11 is 0. The van der Waals surface area contributed by atoms with Crippen LogP contribution in [0.25, 0.3) is 10.8 Å². The number of benzene rings is 2. The molecule has 0 radical (unpaired) electrons. The van der Waals surface area contributed by atoms with Gasteiger partial charge in [0.15, 0.2) is 0 Å². The molecule has 3 nitrogen and oxygen atoms in total. The van der Waals surface area contributed by atoms with Crippen LogP contribution >= 0.6 is 0 Å². The third kappa shape index (κ3) is 3.02. The third-order valence-electron chi connectivity index (χ3n) is 3.71. The van der Waals surface area contributed by atoms with Crippen molar-refractivity contribution in [1.29, 1.82) is 0 Å². The van der Waals surface area contributed by atoms with Crippen molar-refractivity contribution in [3.63, 3.8) is 0 Å². The number of ketones is 1. The van der Waals surface area contributed by atoms with Gasteiger partial charge in [-0.15, -0.1) is 0 Å². The van der Waals surface area contributed by atoms with Crippen LogP contribution in [0.4, 0.5) is 0 Å². The number of hydrogen-bond donors (Lipinski definition) is 0. The van der Waals surface area contributed by atoms with E-state index in [0.717, 1.165) is 17.9 Å². The minimum absolute atomic E-state index is 0.200. The molecule has 3 aromatic rings. The summed E-state index contributed by atoms with van der Waals surface area (Å²) in [7, 11) is 0. The Balaban J connectivity index is 1.74. The number of Topliss-reactive ketones (excluding diaryl/α,β-unsaturated/α-hetero) is 1. The highest BCUT2D eigenvalue weighted by Gasteiger charge is 2.09. The minimum atomic E-state index is 0.200. The minimum Gasteiger partial charge on any atom is -0.335 e. The first-order chi connectivity index (χ1) is 10.3. The molecule has 21 heavy (non-hydrogen) atoms. The summed E-state index contributed by atoms with van der Waals surface area (Å²) in [6.07, 6.45) is 4.52. The molecule has 0 spiro atoms. The van der Waals surface area contributed by atoms with Crippen molar-refractivity contribution < 1.29 is 4.79 Å². The number of aryl methyl sites for hydroxylation is 1. The molecule has 0 saturated heterocycles. The Kier molecular flexibility index (Phi) is 3.82. The fourth-order valence-electron chi connectivity index (χ4n) is 2.61. The molecular formula is C18H18N2O. The number of rotatable bonds is 5. The van der Waals surface area contributed by atoms with Gasteiger partial charge in [-0.3, -0.25) is 4.79 Å². The van der Waals surface area contributed by atoms with Gasteiger partial charge in [-0.2, -0.15) is 0 Å². The first-order valence-corrected chi connectivity index (χ1v) is 7.25. The van der Waals surface area contributed by atoms with Crippen LogP contribution in [0.3, 0.4) is 0 Å². The van der Waals surface area contributed by atoms with Gasteiger partial charge in [0.05, 0.1) is 6.42 Å².